The fraction of sp³-hybridized carbons (Fsp3) is 0.273. The van der Waals surface area contributed by atoms with Crippen LogP contribution in [0.3, 0.4) is 0 Å². The molecule has 0 saturated heterocycles. The number of hydrogen-bond donors (Lipinski definition) is 1. The van der Waals surface area contributed by atoms with Crippen LogP contribution in [0.1, 0.15) is 44.3 Å². The van der Waals surface area contributed by atoms with Gasteiger partial charge in [-0.05, 0) is 54.1 Å². The minimum atomic E-state index is -4.74. The molecule has 1 atom stereocenters. The standard InChI is InChI=1S/C22H22F3N/c1-16(20-13-5-10-18-9-2-3-12-21(18)20)26-14-6-8-17-7-4-11-19(15-17)22(23,24)25/h2-5,7,9-13,15-16,26H,6,8,14H2,1H3/t16-/m1/s1/i6D2,8D2,14D2. The van der Waals surface area contributed by atoms with Crippen LogP contribution in [0.2, 0.25) is 0 Å². The molecule has 0 aromatic heterocycles. The lowest BCUT2D eigenvalue weighted by molar-refractivity contribution is -0.137. The van der Waals surface area contributed by atoms with Gasteiger partial charge in [-0.2, -0.15) is 13.2 Å². The van der Waals surface area contributed by atoms with E-state index >= 15 is 0 Å². The first-order valence-electron chi connectivity index (χ1n) is 11.1. The SMILES string of the molecule is [2H]C([2H])(N[C@H](C)c1cccc2ccccc12)C([2H])([2H])C([2H])([2H])c1cccc(C(F)(F)F)c1. The second kappa shape index (κ2) is 7.92. The first-order chi connectivity index (χ1) is 14.7. The van der Waals surface area contributed by atoms with Crippen molar-refractivity contribution in [3.8, 4) is 0 Å². The second-order valence-corrected chi connectivity index (χ2v) is 5.89. The maximum atomic E-state index is 13.1. The van der Waals surface area contributed by atoms with Gasteiger partial charge >= 0.3 is 6.18 Å². The smallest absolute Gasteiger partial charge is 0.310 e. The van der Waals surface area contributed by atoms with Crippen LogP contribution in [0, 0.1) is 0 Å². The molecule has 136 valence electrons. The summed E-state index contributed by atoms with van der Waals surface area (Å²) in [6, 6.07) is 15.4. The van der Waals surface area contributed by atoms with E-state index in [1.807, 2.05) is 30.3 Å². The summed E-state index contributed by atoms with van der Waals surface area (Å²) in [5.41, 5.74) is -1.05. The van der Waals surface area contributed by atoms with Crippen LogP contribution in [0.5, 0.6) is 0 Å². The molecule has 1 nitrogen and oxygen atoms in total. The van der Waals surface area contributed by atoms with Crippen molar-refractivity contribution in [2.24, 2.45) is 0 Å². The summed E-state index contributed by atoms with van der Waals surface area (Å²) in [5, 5.41) is 4.25. The summed E-state index contributed by atoms with van der Waals surface area (Å²) in [7, 11) is 0. The Morgan fingerprint density at radius 1 is 1.00 bits per heavy atom. The Bertz CT molecular complexity index is 1110. The molecule has 0 unspecified atom stereocenters. The number of halogens is 3. The molecule has 0 aliphatic heterocycles. The lowest BCUT2D eigenvalue weighted by atomic mass is 9.99. The van der Waals surface area contributed by atoms with Crippen molar-refractivity contribution < 1.29 is 21.4 Å². The molecule has 3 rings (SSSR count). The number of aryl methyl sites for hydroxylation is 1. The molecule has 0 spiro atoms. The van der Waals surface area contributed by atoms with Gasteiger partial charge in [0.2, 0.25) is 0 Å². The number of benzene rings is 3. The average molecular weight is 363 g/mol. The van der Waals surface area contributed by atoms with E-state index in [1.54, 1.807) is 19.1 Å². The first kappa shape index (κ1) is 12.1. The van der Waals surface area contributed by atoms with E-state index in [0.29, 0.717) is 11.6 Å². The molecule has 0 aliphatic rings. The number of alkyl halides is 3. The fourth-order valence-electron chi connectivity index (χ4n) is 2.73. The van der Waals surface area contributed by atoms with Gasteiger partial charge in [0.05, 0.1) is 5.56 Å². The molecular formula is C22H22F3N. The molecule has 0 radical (unpaired) electrons. The largest absolute Gasteiger partial charge is 0.416 e. The van der Waals surface area contributed by atoms with E-state index in [0.717, 1.165) is 29.0 Å². The van der Waals surface area contributed by atoms with E-state index in [9.17, 15) is 13.2 Å². The Kier molecular flexibility index (Phi) is 3.69. The second-order valence-electron chi connectivity index (χ2n) is 5.89. The van der Waals surface area contributed by atoms with Crippen molar-refractivity contribution in [3.05, 3.63) is 83.4 Å². The van der Waals surface area contributed by atoms with Crippen molar-refractivity contribution in [1.29, 1.82) is 0 Å². The number of rotatable bonds is 6. The molecule has 0 aliphatic carbocycles. The topological polar surface area (TPSA) is 12.0 Å². The third-order valence-corrected chi connectivity index (χ3v) is 4.04. The van der Waals surface area contributed by atoms with E-state index in [2.05, 4.69) is 5.32 Å². The van der Waals surface area contributed by atoms with Gasteiger partial charge in [-0.1, -0.05) is 60.7 Å². The number of nitrogens with one attached hydrogen (secondary N) is 1. The normalized spacial score (nSPS) is 18.2. The van der Waals surface area contributed by atoms with Crippen molar-refractivity contribution in [2.75, 3.05) is 6.50 Å². The molecule has 3 aromatic carbocycles. The maximum Gasteiger partial charge on any atom is 0.416 e. The quantitative estimate of drug-likeness (QED) is 0.554. The van der Waals surface area contributed by atoms with Gasteiger partial charge in [0.15, 0.2) is 0 Å². The van der Waals surface area contributed by atoms with Crippen LogP contribution in [0.4, 0.5) is 13.2 Å². The maximum absolute atomic E-state index is 13.1. The summed E-state index contributed by atoms with van der Waals surface area (Å²) >= 11 is 0. The first-order valence-corrected chi connectivity index (χ1v) is 8.11. The lowest BCUT2D eigenvalue weighted by Crippen LogP contribution is -2.20. The van der Waals surface area contributed by atoms with Gasteiger partial charge in [-0.3, -0.25) is 0 Å². The van der Waals surface area contributed by atoms with Gasteiger partial charge in [-0.25, -0.2) is 0 Å². The zero-order valence-corrected chi connectivity index (χ0v) is 14.1. The number of hydrogen-bond acceptors (Lipinski definition) is 1. The van der Waals surface area contributed by atoms with Gasteiger partial charge in [0.1, 0.15) is 0 Å². The molecular weight excluding hydrogens is 335 g/mol. The molecule has 0 saturated carbocycles. The predicted molar refractivity (Wildman–Crippen MR) is 100 cm³/mol. The Balaban J connectivity index is 1.95. The summed E-state index contributed by atoms with van der Waals surface area (Å²) in [6.45, 7) is -1.31. The van der Waals surface area contributed by atoms with Crippen LogP contribution in [0.15, 0.2) is 66.7 Å². The minimum absolute atomic E-state index is 0.516. The highest BCUT2D eigenvalue weighted by atomic mass is 19.4. The third-order valence-electron chi connectivity index (χ3n) is 4.04. The molecule has 1 N–H and O–H groups in total. The van der Waals surface area contributed by atoms with Crippen LogP contribution in [0.25, 0.3) is 10.8 Å². The summed E-state index contributed by atoms with van der Waals surface area (Å²) in [6.07, 6.45) is -11.0. The van der Waals surface area contributed by atoms with Gasteiger partial charge in [-0.15, -0.1) is 0 Å². The van der Waals surface area contributed by atoms with Crippen LogP contribution in [-0.4, -0.2) is 6.50 Å². The van der Waals surface area contributed by atoms with Crippen molar-refractivity contribution in [3.63, 3.8) is 0 Å². The summed E-state index contributed by atoms with van der Waals surface area (Å²) < 4.78 is 88.9. The van der Waals surface area contributed by atoms with Crippen LogP contribution in [-0.2, 0) is 12.5 Å². The molecule has 0 bridgehead atoms. The highest BCUT2D eigenvalue weighted by Gasteiger charge is 2.30. The van der Waals surface area contributed by atoms with Crippen molar-refractivity contribution >= 4 is 10.8 Å². The van der Waals surface area contributed by atoms with Crippen LogP contribution < -0.4 is 5.32 Å². The van der Waals surface area contributed by atoms with Gasteiger partial charge in [0, 0.05) is 14.3 Å². The lowest BCUT2D eigenvalue weighted by Gasteiger charge is -2.17. The minimum Gasteiger partial charge on any atom is -0.310 e. The summed E-state index contributed by atoms with van der Waals surface area (Å²) in [4.78, 5) is 0. The fourth-order valence-corrected chi connectivity index (χ4v) is 2.73. The van der Waals surface area contributed by atoms with Crippen LogP contribution >= 0.6 is 0 Å². The molecule has 0 heterocycles. The van der Waals surface area contributed by atoms with E-state index in [1.165, 1.54) is 0 Å². The predicted octanol–water partition coefficient (Wildman–Crippen LogP) is 6.14. The molecule has 26 heavy (non-hydrogen) atoms. The Labute approximate surface area is 160 Å². The molecule has 0 amide bonds. The average Bonchev–Trinajstić information content (AvgIpc) is 2.72. The highest BCUT2D eigenvalue weighted by Crippen LogP contribution is 2.29. The molecule has 0 fully saturated rings. The monoisotopic (exact) mass is 363 g/mol. The van der Waals surface area contributed by atoms with Crippen molar-refractivity contribution in [2.45, 2.75) is 31.9 Å². The third kappa shape index (κ3) is 4.44. The number of fused-ring (bicyclic) bond motifs is 1. The van der Waals surface area contributed by atoms with E-state index in [4.69, 9.17) is 8.22 Å². The van der Waals surface area contributed by atoms with E-state index < -0.39 is 42.6 Å². The Morgan fingerprint density at radius 2 is 1.73 bits per heavy atom. The Morgan fingerprint density at radius 3 is 2.54 bits per heavy atom. The molecule has 3 aromatic rings. The zero-order valence-electron chi connectivity index (χ0n) is 20.1. The Hall–Kier alpha value is -2.33. The zero-order chi connectivity index (χ0) is 23.9. The van der Waals surface area contributed by atoms with E-state index in [-0.39, 0.29) is 0 Å². The highest BCUT2D eigenvalue weighted by molar-refractivity contribution is 5.86. The summed E-state index contributed by atoms with van der Waals surface area (Å²) in [5.74, 6) is 0. The van der Waals surface area contributed by atoms with Crippen molar-refractivity contribution in [1.82, 2.24) is 5.32 Å². The van der Waals surface area contributed by atoms with Gasteiger partial charge in [0.25, 0.3) is 0 Å². The molecule has 4 heteroatoms. The van der Waals surface area contributed by atoms with Gasteiger partial charge < -0.3 is 5.32 Å².